The monoisotopic (exact) mass is 505 g/mol. The van der Waals surface area contributed by atoms with Crippen molar-refractivity contribution in [1.82, 2.24) is 4.90 Å². The van der Waals surface area contributed by atoms with E-state index < -0.39 is 17.8 Å². The van der Waals surface area contributed by atoms with Gasteiger partial charge in [0.2, 0.25) is 0 Å². The van der Waals surface area contributed by atoms with Crippen LogP contribution in [0.1, 0.15) is 37.8 Å². The van der Waals surface area contributed by atoms with Crippen molar-refractivity contribution in [2.45, 2.75) is 12.8 Å². The molecule has 0 aromatic heterocycles. The molecule has 4 rings (SSSR count). The fraction of sp³-hybridized carbons (Fsp3) is 0.333. The summed E-state index contributed by atoms with van der Waals surface area (Å²) in [7, 11) is 3.12. The maximum atomic E-state index is 14.8. The predicted molar refractivity (Wildman–Crippen MR) is 139 cm³/mol. The van der Waals surface area contributed by atoms with Crippen LogP contribution in [0.2, 0.25) is 0 Å². The molecule has 1 aliphatic heterocycles. The summed E-state index contributed by atoms with van der Waals surface area (Å²) in [6, 6.07) is 18.6. The third-order valence-electron chi connectivity index (χ3n) is 7.28. The van der Waals surface area contributed by atoms with E-state index in [9.17, 15) is 19.1 Å². The first kappa shape index (κ1) is 26.5. The Labute approximate surface area is 216 Å². The van der Waals surface area contributed by atoms with Crippen LogP contribution < -0.4 is 9.47 Å². The number of hydrogen-bond donors (Lipinski definition) is 1. The number of aliphatic hydroxyl groups is 1. The molecule has 0 unspecified atom stereocenters. The van der Waals surface area contributed by atoms with Crippen LogP contribution in [0.15, 0.2) is 66.7 Å². The number of likely N-dealkylation sites (tertiary alicyclic amines) is 1. The number of halogens is 1. The van der Waals surface area contributed by atoms with Crippen molar-refractivity contribution in [2.24, 2.45) is 11.8 Å². The number of methoxy groups -OCH3 is 2. The molecule has 6 nitrogen and oxygen atoms in total. The molecular weight excluding hydrogens is 473 g/mol. The minimum absolute atomic E-state index is 0.101. The number of ketones is 2. The Morgan fingerprint density at radius 1 is 0.865 bits per heavy atom. The molecule has 1 saturated heterocycles. The third kappa shape index (κ3) is 5.58. The van der Waals surface area contributed by atoms with E-state index in [4.69, 9.17) is 9.47 Å². The van der Waals surface area contributed by atoms with E-state index in [1.54, 1.807) is 75.7 Å². The highest BCUT2D eigenvalue weighted by Crippen LogP contribution is 2.42. The lowest BCUT2D eigenvalue weighted by atomic mass is 9.68. The van der Waals surface area contributed by atoms with Crippen molar-refractivity contribution in [3.63, 3.8) is 0 Å². The first-order valence-corrected chi connectivity index (χ1v) is 12.3. The minimum atomic E-state index is -0.624. The summed E-state index contributed by atoms with van der Waals surface area (Å²) in [4.78, 5) is 29.9. The van der Waals surface area contributed by atoms with Crippen LogP contribution >= 0.6 is 0 Å². The summed E-state index contributed by atoms with van der Waals surface area (Å²) in [5.74, 6) is -1.17. The number of carbonyl (C=O) groups is 2. The number of Topliss-reactive ketones (excluding diaryl/α,β-unsaturated/α-hetero) is 2. The molecule has 1 aliphatic rings. The Bertz CT molecular complexity index is 1170. The Hall–Kier alpha value is -3.55. The number of aliphatic hydroxyl groups excluding tert-OH is 1. The van der Waals surface area contributed by atoms with E-state index in [1.807, 2.05) is 11.0 Å². The number of ether oxygens (including phenoxy) is 2. The van der Waals surface area contributed by atoms with Gasteiger partial charge in [0.15, 0.2) is 11.6 Å². The zero-order valence-electron chi connectivity index (χ0n) is 21.3. The lowest BCUT2D eigenvalue weighted by molar-refractivity contribution is 0.0529. The van der Waals surface area contributed by atoms with Gasteiger partial charge in [-0.25, -0.2) is 4.39 Å². The summed E-state index contributed by atoms with van der Waals surface area (Å²) in [5.41, 5.74) is 2.07. The van der Waals surface area contributed by atoms with Crippen molar-refractivity contribution in [3.8, 4) is 11.5 Å². The lowest BCUT2D eigenvalue weighted by Gasteiger charge is -2.43. The van der Waals surface area contributed by atoms with Gasteiger partial charge in [0.1, 0.15) is 17.3 Å². The molecule has 0 saturated carbocycles. The fourth-order valence-corrected chi connectivity index (χ4v) is 5.31. The van der Waals surface area contributed by atoms with Crippen LogP contribution in [0.5, 0.6) is 11.5 Å². The SMILES string of the molecule is COc1ccc(C(=O)[C@H]2CN(CCO)C[C@H](C(=O)c3ccc(OC)cc3)C2c2cccc(F)c2C)cc1. The van der Waals surface area contributed by atoms with Crippen LogP contribution in [-0.4, -0.2) is 62.0 Å². The zero-order chi connectivity index (χ0) is 26.5. The molecule has 1 heterocycles. The minimum Gasteiger partial charge on any atom is -0.497 e. The molecule has 0 amide bonds. The second-order valence-corrected chi connectivity index (χ2v) is 9.36. The van der Waals surface area contributed by atoms with Crippen LogP contribution in [0.3, 0.4) is 0 Å². The van der Waals surface area contributed by atoms with Gasteiger partial charge in [-0.15, -0.1) is 0 Å². The average Bonchev–Trinajstić information content (AvgIpc) is 2.93. The van der Waals surface area contributed by atoms with Crippen LogP contribution in [-0.2, 0) is 0 Å². The van der Waals surface area contributed by atoms with Crippen molar-refractivity contribution in [3.05, 3.63) is 94.8 Å². The third-order valence-corrected chi connectivity index (χ3v) is 7.28. The smallest absolute Gasteiger partial charge is 0.167 e. The van der Waals surface area contributed by atoms with Crippen LogP contribution in [0.25, 0.3) is 0 Å². The van der Waals surface area contributed by atoms with Gasteiger partial charge in [-0.2, -0.15) is 0 Å². The zero-order valence-corrected chi connectivity index (χ0v) is 21.3. The quantitative estimate of drug-likeness (QED) is 0.431. The molecule has 1 N–H and O–H groups in total. The predicted octanol–water partition coefficient (Wildman–Crippen LogP) is 4.54. The van der Waals surface area contributed by atoms with Gasteiger partial charge in [-0.05, 0) is 72.6 Å². The van der Waals surface area contributed by atoms with E-state index in [-0.39, 0.29) is 24.0 Å². The molecule has 0 spiro atoms. The summed E-state index contributed by atoms with van der Waals surface area (Å²) in [6.45, 7) is 2.61. The average molecular weight is 506 g/mol. The number of rotatable bonds is 9. The van der Waals surface area contributed by atoms with Gasteiger partial charge >= 0.3 is 0 Å². The van der Waals surface area contributed by atoms with E-state index in [1.165, 1.54) is 6.07 Å². The Morgan fingerprint density at radius 3 is 1.78 bits per heavy atom. The molecular formula is C30H32FNO5. The molecule has 3 aromatic carbocycles. The largest absolute Gasteiger partial charge is 0.497 e. The number of hydrogen-bond acceptors (Lipinski definition) is 6. The van der Waals surface area contributed by atoms with Gasteiger partial charge in [-0.1, -0.05) is 12.1 Å². The topological polar surface area (TPSA) is 76.1 Å². The highest BCUT2D eigenvalue weighted by atomic mass is 19.1. The lowest BCUT2D eigenvalue weighted by Crippen LogP contribution is -2.51. The molecule has 7 heteroatoms. The second kappa shape index (κ2) is 11.7. The van der Waals surface area contributed by atoms with Gasteiger partial charge in [0.25, 0.3) is 0 Å². The molecule has 0 radical (unpaired) electrons. The molecule has 0 aliphatic carbocycles. The Morgan fingerprint density at radius 2 is 1.35 bits per heavy atom. The standard InChI is InChI=1S/C30H32FNO5/c1-19-24(5-4-6-27(19)31)28-25(29(34)20-7-11-22(36-2)12-8-20)17-32(15-16-33)18-26(28)30(35)21-9-13-23(37-3)14-10-21/h4-14,25-26,28,33H,15-18H2,1-3H3/t25-,26-/m0/s1. The van der Waals surface area contributed by atoms with Crippen molar-refractivity contribution in [2.75, 3.05) is 40.5 Å². The fourth-order valence-electron chi connectivity index (χ4n) is 5.31. The van der Waals surface area contributed by atoms with Crippen molar-refractivity contribution < 1.29 is 28.6 Å². The highest BCUT2D eigenvalue weighted by Gasteiger charge is 2.45. The normalized spacial score (nSPS) is 18.4. The number of benzene rings is 3. The number of nitrogens with zero attached hydrogens (tertiary/aromatic N) is 1. The van der Waals surface area contributed by atoms with Gasteiger partial charge in [-0.3, -0.25) is 14.5 Å². The summed E-state index contributed by atoms with van der Waals surface area (Å²) in [5, 5.41) is 9.69. The first-order chi connectivity index (χ1) is 17.9. The first-order valence-electron chi connectivity index (χ1n) is 12.3. The van der Waals surface area contributed by atoms with Crippen LogP contribution in [0, 0.1) is 24.6 Å². The van der Waals surface area contributed by atoms with Gasteiger partial charge in [0, 0.05) is 48.5 Å². The summed E-state index contributed by atoms with van der Waals surface area (Å²) in [6.07, 6.45) is 0. The molecule has 3 aromatic rings. The Kier molecular flexibility index (Phi) is 8.36. The van der Waals surface area contributed by atoms with E-state index >= 15 is 0 Å². The maximum Gasteiger partial charge on any atom is 0.167 e. The second-order valence-electron chi connectivity index (χ2n) is 9.36. The number of β-amino-alcohol motifs (C(OH)–C–C–N with tert-alkyl or cyclic N) is 1. The molecule has 194 valence electrons. The highest BCUT2D eigenvalue weighted by molar-refractivity contribution is 6.02. The summed E-state index contributed by atoms with van der Waals surface area (Å²) < 4.78 is 25.2. The van der Waals surface area contributed by atoms with Crippen molar-refractivity contribution >= 4 is 11.6 Å². The maximum absolute atomic E-state index is 14.8. The van der Waals surface area contributed by atoms with Gasteiger partial charge in [0.05, 0.1) is 20.8 Å². The van der Waals surface area contributed by atoms with E-state index in [0.29, 0.717) is 53.4 Å². The molecule has 37 heavy (non-hydrogen) atoms. The van der Waals surface area contributed by atoms with Crippen molar-refractivity contribution in [1.29, 1.82) is 0 Å². The molecule has 2 atom stereocenters. The molecule has 1 fully saturated rings. The number of piperidine rings is 1. The Balaban J connectivity index is 1.82. The molecule has 0 bridgehead atoms. The van der Waals surface area contributed by atoms with Crippen LogP contribution in [0.4, 0.5) is 4.39 Å². The van der Waals surface area contributed by atoms with E-state index in [0.717, 1.165) is 0 Å². The van der Waals surface area contributed by atoms with E-state index in [2.05, 4.69) is 0 Å². The number of carbonyl (C=O) groups excluding carboxylic acids is 2. The van der Waals surface area contributed by atoms with Gasteiger partial charge < -0.3 is 14.6 Å². The summed E-state index contributed by atoms with van der Waals surface area (Å²) >= 11 is 0.